The van der Waals surface area contributed by atoms with Crippen LogP contribution in [-0.2, 0) is 4.79 Å². The van der Waals surface area contributed by atoms with Crippen LogP contribution in [-0.4, -0.2) is 50.3 Å². The Hall–Kier alpha value is -2.48. The van der Waals surface area contributed by atoms with Gasteiger partial charge in [0, 0.05) is 17.3 Å². The molecule has 1 saturated carbocycles. The third-order valence-electron chi connectivity index (χ3n) is 5.48. The summed E-state index contributed by atoms with van der Waals surface area (Å²) >= 11 is 0. The van der Waals surface area contributed by atoms with Crippen LogP contribution in [0.1, 0.15) is 25.7 Å². The Bertz CT molecular complexity index is 734. The number of tetrazole rings is 1. The van der Waals surface area contributed by atoms with Crippen LogP contribution >= 0.6 is 0 Å². The number of rotatable bonds is 4. The van der Waals surface area contributed by atoms with E-state index in [9.17, 15) is 9.90 Å². The molecule has 25 heavy (non-hydrogen) atoms. The standard InChI is InChI=1S/C17H22N6O2/c24-17(25)15-8-11-7-12(6-5-10(11)9-18-15)19-14-4-2-1-3-13(14)16-20-22-23-21-16/h1-4,10-12,15,18-19H,5-9H2,(H,24,25)(H,20,21,22,23)/t10-,11-,12-,15-/m0/s1. The Morgan fingerprint density at radius 3 is 2.88 bits per heavy atom. The largest absolute Gasteiger partial charge is 0.480 e. The number of para-hydroxylation sites is 1. The molecule has 0 radical (unpaired) electrons. The molecule has 2 fully saturated rings. The Balaban J connectivity index is 1.47. The van der Waals surface area contributed by atoms with Crippen molar-refractivity contribution in [3.05, 3.63) is 24.3 Å². The van der Waals surface area contributed by atoms with Gasteiger partial charge in [-0.25, -0.2) is 0 Å². The second-order valence-corrected chi connectivity index (χ2v) is 6.99. The predicted octanol–water partition coefficient (Wildman–Crippen LogP) is 1.51. The van der Waals surface area contributed by atoms with Crippen LogP contribution < -0.4 is 10.6 Å². The molecule has 1 aromatic carbocycles. The van der Waals surface area contributed by atoms with Gasteiger partial charge in [-0.2, -0.15) is 5.21 Å². The fourth-order valence-corrected chi connectivity index (χ4v) is 4.18. The van der Waals surface area contributed by atoms with Gasteiger partial charge in [0.15, 0.2) is 0 Å². The average molecular weight is 342 g/mol. The summed E-state index contributed by atoms with van der Waals surface area (Å²) in [5.41, 5.74) is 1.92. The summed E-state index contributed by atoms with van der Waals surface area (Å²) in [5.74, 6) is 0.868. The Labute approximate surface area is 145 Å². The van der Waals surface area contributed by atoms with Gasteiger partial charge in [0.1, 0.15) is 6.04 Å². The maximum atomic E-state index is 11.3. The van der Waals surface area contributed by atoms with Crippen LogP contribution in [0.4, 0.5) is 5.69 Å². The number of carbonyl (C=O) groups is 1. The lowest BCUT2D eigenvalue weighted by molar-refractivity contribution is -0.141. The highest BCUT2D eigenvalue weighted by Gasteiger charge is 2.37. The van der Waals surface area contributed by atoms with E-state index in [1.165, 1.54) is 0 Å². The molecule has 1 aromatic heterocycles. The molecule has 2 aliphatic rings. The van der Waals surface area contributed by atoms with Crippen LogP contribution in [0.3, 0.4) is 0 Å². The number of H-pyrrole nitrogens is 1. The van der Waals surface area contributed by atoms with Crippen LogP contribution in [0.15, 0.2) is 24.3 Å². The molecule has 132 valence electrons. The van der Waals surface area contributed by atoms with Gasteiger partial charge in [-0.15, -0.1) is 10.2 Å². The zero-order valence-corrected chi connectivity index (χ0v) is 13.9. The van der Waals surface area contributed by atoms with Crippen molar-refractivity contribution in [2.75, 3.05) is 11.9 Å². The molecular formula is C17H22N6O2. The second kappa shape index (κ2) is 6.79. The smallest absolute Gasteiger partial charge is 0.320 e. The lowest BCUT2D eigenvalue weighted by Crippen LogP contribution is -2.50. The van der Waals surface area contributed by atoms with Gasteiger partial charge in [0.25, 0.3) is 0 Å². The number of aliphatic carboxylic acids is 1. The molecule has 8 nitrogen and oxygen atoms in total. The van der Waals surface area contributed by atoms with Crippen molar-refractivity contribution in [1.29, 1.82) is 0 Å². The molecule has 0 bridgehead atoms. The SMILES string of the molecule is O=C(O)[C@@H]1C[C@@H]2C[C@@H](Nc3ccccc3-c3nn[nH]n3)CC[C@H]2CN1. The number of hydrogen-bond acceptors (Lipinski definition) is 6. The summed E-state index contributed by atoms with van der Waals surface area (Å²) in [6.07, 6.45) is 3.91. The molecule has 0 unspecified atom stereocenters. The highest BCUT2D eigenvalue weighted by molar-refractivity contribution is 5.74. The monoisotopic (exact) mass is 342 g/mol. The van der Waals surface area contributed by atoms with Crippen LogP contribution in [0.2, 0.25) is 0 Å². The van der Waals surface area contributed by atoms with Gasteiger partial charge in [0.05, 0.1) is 0 Å². The first-order chi connectivity index (χ1) is 12.2. The molecule has 8 heteroatoms. The first-order valence-corrected chi connectivity index (χ1v) is 8.76. The molecule has 2 heterocycles. The summed E-state index contributed by atoms with van der Waals surface area (Å²) in [6, 6.07) is 7.87. The first kappa shape index (κ1) is 16.0. The number of carboxylic acids is 1. The van der Waals surface area contributed by atoms with E-state index in [-0.39, 0.29) is 0 Å². The highest BCUT2D eigenvalue weighted by atomic mass is 16.4. The number of piperidine rings is 1. The number of benzene rings is 1. The lowest BCUT2D eigenvalue weighted by atomic mass is 9.72. The van der Waals surface area contributed by atoms with E-state index in [2.05, 4.69) is 31.3 Å². The summed E-state index contributed by atoms with van der Waals surface area (Å²) in [6.45, 7) is 0.813. The average Bonchev–Trinajstić information content (AvgIpc) is 3.16. The Kier molecular flexibility index (Phi) is 4.35. The molecule has 0 amide bonds. The molecule has 1 aliphatic carbocycles. The van der Waals surface area contributed by atoms with Crippen LogP contribution in [0, 0.1) is 11.8 Å². The number of aromatic amines is 1. The second-order valence-electron chi connectivity index (χ2n) is 6.99. The third-order valence-corrected chi connectivity index (χ3v) is 5.48. The lowest BCUT2D eigenvalue weighted by Gasteiger charge is -2.42. The fraction of sp³-hybridized carbons (Fsp3) is 0.529. The zero-order valence-electron chi connectivity index (χ0n) is 13.9. The van der Waals surface area contributed by atoms with Crippen molar-refractivity contribution in [2.45, 2.75) is 37.8 Å². The van der Waals surface area contributed by atoms with E-state index in [1.807, 2.05) is 24.3 Å². The van der Waals surface area contributed by atoms with Crippen molar-refractivity contribution in [1.82, 2.24) is 25.9 Å². The van der Waals surface area contributed by atoms with Gasteiger partial charge < -0.3 is 15.7 Å². The van der Waals surface area contributed by atoms with Crippen molar-refractivity contribution >= 4 is 11.7 Å². The zero-order chi connectivity index (χ0) is 17.2. The number of fused-ring (bicyclic) bond motifs is 1. The van der Waals surface area contributed by atoms with E-state index in [1.54, 1.807) is 0 Å². The number of anilines is 1. The van der Waals surface area contributed by atoms with E-state index in [0.717, 1.165) is 37.1 Å². The van der Waals surface area contributed by atoms with Gasteiger partial charge in [-0.1, -0.05) is 12.1 Å². The minimum Gasteiger partial charge on any atom is -0.480 e. The van der Waals surface area contributed by atoms with E-state index in [4.69, 9.17) is 0 Å². The Morgan fingerprint density at radius 2 is 2.08 bits per heavy atom. The maximum absolute atomic E-state index is 11.3. The maximum Gasteiger partial charge on any atom is 0.320 e. The number of carboxylic acid groups (broad SMARTS) is 1. The summed E-state index contributed by atoms with van der Waals surface area (Å²) < 4.78 is 0. The normalized spacial score (nSPS) is 29.0. The number of nitrogens with one attached hydrogen (secondary N) is 3. The quantitative estimate of drug-likeness (QED) is 0.665. The highest BCUT2D eigenvalue weighted by Crippen LogP contribution is 2.37. The molecule has 4 atom stereocenters. The van der Waals surface area contributed by atoms with Gasteiger partial charge in [0.2, 0.25) is 5.82 Å². The van der Waals surface area contributed by atoms with Crippen LogP contribution in [0.5, 0.6) is 0 Å². The minimum absolute atomic E-state index is 0.335. The van der Waals surface area contributed by atoms with Crippen molar-refractivity contribution in [3.63, 3.8) is 0 Å². The topological polar surface area (TPSA) is 116 Å². The fourth-order valence-electron chi connectivity index (χ4n) is 4.18. The molecule has 0 spiro atoms. The third kappa shape index (κ3) is 3.34. The number of hydrogen-bond donors (Lipinski definition) is 4. The molecule has 2 aromatic rings. The molecule has 4 N–H and O–H groups in total. The number of nitrogens with zero attached hydrogens (tertiary/aromatic N) is 3. The summed E-state index contributed by atoms with van der Waals surface area (Å²) in [5, 5.41) is 30.3. The van der Waals surface area contributed by atoms with E-state index >= 15 is 0 Å². The summed E-state index contributed by atoms with van der Waals surface area (Å²) in [4.78, 5) is 11.3. The van der Waals surface area contributed by atoms with Gasteiger partial charge in [-0.05, 0) is 61.4 Å². The predicted molar refractivity (Wildman–Crippen MR) is 91.9 cm³/mol. The minimum atomic E-state index is -0.740. The van der Waals surface area contributed by atoms with Crippen molar-refractivity contribution in [3.8, 4) is 11.4 Å². The molecule has 4 rings (SSSR count). The van der Waals surface area contributed by atoms with E-state index < -0.39 is 12.0 Å². The van der Waals surface area contributed by atoms with Gasteiger partial charge in [-0.3, -0.25) is 4.79 Å². The summed E-state index contributed by atoms with van der Waals surface area (Å²) in [7, 11) is 0. The van der Waals surface area contributed by atoms with Crippen LogP contribution in [0.25, 0.3) is 11.4 Å². The molecule has 1 aliphatic heterocycles. The van der Waals surface area contributed by atoms with Crippen molar-refractivity contribution < 1.29 is 9.90 Å². The molecular weight excluding hydrogens is 320 g/mol. The van der Waals surface area contributed by atoms with E-state index in [0.29, 0.717) is 30.1 Å². The molecule has 1 saturated heterocycles. The van der Waals surface area contributed by atoms with Crippen molar-refractivity contribution in [2.24, 2.45) is 11.8 Å². The number of aromatic nitrogens is 4. The van der Waals surface area contributed by atoms with Gasteiger partial charge >= 0.3 is 5.97 Å². The first-order valence-electron chi connectivity index (χ1n) is 8.76. The Morgan fingerprint density at radius 1 is 1.20 bits per heavy atom.